The molecule has 2 rings (SSSR count). The molecule has 4 nitrogen and oxygen atoms in total. The summed E-state index contributed by atoms with van der Waals surface area (Å²) in [6, 6.07) is 15.4. The second-order valence-corrected chi connectivity index (χ2v) is 3.91. The highest BCUT2D eigenvalue weighted by atomic mass is 16.2. The topological polar surface area (TPSA) is 72.5 Å². The summed E-state index contributed by atoms with van der Waals surface area (Å²) in [4.78, 5) is 19.9. The first kappa shape index (κ1) is 14.6. The molecule has 0 atom stereocenters. The monoisotopic (exact) mass is 256 g/mol. The number of amides is 1. The normalized spacial score (nSPS) is 9.16. The summed E-state index contributed by atoms with van der Waals surface area (Å²) in [5, 5.41) is 2.25. The number of nitrogens with zero attached hydrogens (tertiary/aromatic N) is 1. The number of nitrogens with two attached hydrogens (primary N) is 1. The van der Waals surface area contributed by atoms with Crippen LogP contribution >= 0.6 is 0 Å². The minimum atomic E-state index is -0.390. The minimum Gasteiger partial charge on any atom is -0.366 e. The van der Waals surface area contributed by atoms with Gasteiger partial charge in [0.05, 0.1) is 7.05 Å². The van der Waals surface area contributed by atoms with E-state index in [1.165, 1.54) is 7.05 Å². The molecule has 4 heteroatoms. The Labute approximate surface area is 112 Å². The number of aryl methyl sites for hydroxylation is 1. The van der Waals surface area contributed by atoms with Gasteiger partial charge in [-0.1, -0.05) is 47.6 Å². The van der Waals surface area contributed by atoms with Crippen LogP contribution in [0.4, 0.5) is 0 Å². The lowest BCUT2D eigenvalue weighted by atomic mass is 9.96. The molecule has 0 radical (unpaired) electrons. The van der Waals surface area contributed by atoms with E-state index in [0.29, 0.717) is 5.56 Å². The molecule has 0 aliphatic heterocycles. The van der Waals surface area contributed by atoms with Gasteiger partial charge in [0.2, 0.25) is 5.91 Å². The Morgan fingerprint density at radius 1 is 1.00 bits per heavy atom. The lowest BCUT2D eigenvalue weighted by Crippen LogP contribution is -2.12. The third kappa shape index (κ3) is 3.74. The molecular weight excluding hydrogens is 240 g/mol. The number of hydrogen-bond acceptors (Lipinski definition) is 3. The van der Waals surface area contributed by atoms with Crippen LogP contribution in [0.25, 0.3) is 11.1 Å². The maximum Gasteiger partial charge on any atom is 0.249 e. The van der Waals surface area contributed by atoms with Crippen LogP contribution in [-0.2, 0) is 0 Å². The summed E-state index contributed by atoms with van der Waals surface area (Å²) < 4.78 is 0. The highest BCUT2D eigenvalue weighted by Gasteiger charge is 2.09. The van der Waals surface area contributed by atoms with Gasteiger partial charge in [-0.05, 0) is 29.7 Å². The fourth-order valence-electron chi connectivity index (χ4n) is 1.81. The van der Waals surface area contributed by atoms with Gasteiger partial charge >= 0.3 is 0 Å². The predicted octanol–water partition coefficient (Wildman–Crippen LogP) is 3.14. The molecule has 2 aromatic rings. The van der Waals surface area contributed by atoms with Gasteiger partial charge in [-0.15, -0.1) is 0 Å². The molecule has 0 aliphatic rings. The van der Waals surface area contributed by atoms with E-state index in [2.05, 4.69) is 5.18 Å². The van der Waals surface area contributed by atoms with Gasteiger partial charge in [0.25, 0.3) is 0 Å². The molecule has 0 spiro atoms. The number of rotatable bonds is 2. The zero-order valence-electron chi connectivity index (χ0n) is 11.0. The van der Waals surface area contributed by atoms with Crippen LogP contribution in [0.3, 0.4) is 0 Å². The second kappa shape index (κ2) is 7.06. The zero-order valence-corrected chi connectivity index (χ0v) is 11.0. The van der Waals surface area contributed by atoms with E-state index < -0.39 is 0 Å². The molecular formula is C15H16N2O2. The molecule has 0 bridgehead atoms. The molecule has 0 fully saturated rings. The largest absolute Gasteiger partial charge is 0.366 e. The molecule has 1 amide bonds. The summed E-state index contributed by atoms with van der Waals surface area (Å²) in [5.74, 6) is -0.390. The average molecular weight is 256 g/mol. The van der Waals surface area contributed by atoms with E-state index in [4.69, 9.17) is 10.6 Å². The molecule has 19 heavy (non-hydrogen) atoms. The number of carbonyl (C=O) groups excluding carboxylic acids is 1. The van der Waals surface area contributed by atoms with Gasteiger partial charge in [0.1, 0.15) is 0 Å². The maximum absolute atomic E-state index is 11.3. The molecule has 0 aromatic heterocycles. The lowest BCUT2D eigenvalue weighted by molar-refractivity contribution is 0.100. The summed E-state index contributed by atoms with van der Waals surface area (Å²) in [7, 11) is 1.19. The van der Waals surface area contributed by atoms with Crippen LogP contribution in [0.5, 0.6) is 0 Å². The fraction of sp³-hybridized carbons (Fsp3) is 0.133. The molecule has 0 unspecified atom stereocenters. The Morgan fingerprint density at radius 3 is 2.00 bits per heavy atom. The van der Waals surface area contributed by atoms with E-state index in [-0.39, 0.29) is 5.91 Å². The molecule has 98 valence electrons. The van der Waals surface area contributed by atoms with Crippen molar-refractivity contribution in [3.8, 4) is 11.1 Å². The van der Waals surface area contributed by atoms with Crippen molar-refractivity contribution in [2.75, 3.05) is 7.05 Å². The number of nitroso groups, excluding NO2 is 1. The number of primary amides is 1. The van der Waals surface area contributed by atoms with Crippen molar-refractivity contribution < 1.29 is 4.79 Å². The third-order valence-corrected chi connectivity index (χ3v) is 2.63. The first-order valence-electron chi connectivity index (χ1n) is 5.78. The van der Waals surface area contributed by atoms with Crippen LogP contribution in [0.15, 0.2) is 53.7 Å². The lowest BCUT2D eigenvalue weighted by Gasteiger charge is -2.09. The maximum atomic E-state index is 11.3. The van der Waals surface area contributed by atoms with Crippen molar-refractivity contribution in [2.24, 2.45) is 10.9 Å². The van der Waals surface area contributed by atoms with Gasteiger partial charge in [0, 0.05) is 5.56 Å². The summed E-state index contributed by atoms with van der Waals surface area (Å²) in [6.45, 7) is 2.02. The van der Waals surface area contributed by atoms with Crippen LogP contribution in [0, 0.1) is 11.8 Å². The van der Waals surface area contributed by atoms with Crippen molar-refractivity contribution >= 4 is 5.91 Å². The average Bonchev–Trinajstić information content (AvgIpc) is 2.40. The summed E-state index contributed by atoms with van der Waals surface area (Å²) >= 11 is 0. The summed E-state index contributed by atoms with van der Waals surface area (Å²) in [6.07, 6.45) is 0. The fourth-order valence-corrected chi connectivity index (χ4v) is 1.81. The Morgan fingerprint density at radius 2 is 1.47 bits per heavy atom. The molecule has 0 aliphatic carbocycles. The second-order valence-electron chi connectivity index (χ2n) is 3.91. The number of benzene rings is 2. The van der Waals surface area contributed by atoms with Crippen LogP contribution in [-0.4, -0.2) is 13.0 Å². The van der Waals surface area contributed by atoms with Gasteiger partial charge in [-0.3, -0.25) is 4.79 Å². The van der Waals surface area contributed by atoms with Gasteiger partial charge in [-0.25, -0.2) is 0 Å². The highest BCUT2D eigenvalue weighted by molar-refractivity contribution is 6.00. The van der Waals surface area contributed by atoms with Crippen LogP contribution < -0.4 is 5.73 Å². The highest BCUT2D eigenvalue weighted by Crippen LogP contribution is 2.26. The summed E-state index contributed by atoms with van der Waals surface area (Å²) in [5.41, 5.74) is 9.01. The molecule has 0 saturated heterocycles. The molecule has 2 aromatic carbocycles. The van der Waals surface area contributed by atoms with Crippen molar-refractivity contribution in [3.05, 3.63) is 64.6 Å². The first-order valence-corrected chi connectivity index (χ1v) is 5.78. The third-order valence-electron chi connectivity index (χ3n) is 2.63. The van der Waals surface area contributed by atoms with E-state index in [0.717, 1.165) is 16.7 Å². The Bertz CT molecular complexity index is 580. The van der Waals surface area contributed by atoms with E-state index in [1.54, 1.807) is 6.07 Å². The van der Waals surface area contributed by atoms with Gasteiger partial charge < -0.3 is 5.73 Å². The number of carbonyl (C=O) groups is 1. The minimum absolute atomic E-state index is 0.390. The molecule has 2 N–H and O–H groups in total. The SMILES string of the molecule is CN=O.Cc1ccccc1-c1ccccc1C(N)=O. The Hall–Kier alpha value is -2.49. The predicted molar refractivity (Wildman–Crippen MR) is 76.9 cm³/mol. The smallest absolute Gasteiger partial charge is 0.249 e. The van der Waals surface area contributed by atoms with E-state index >= 15 is 0 Å². The van der Waals surface area contributed by atoms with Crippen molar-refractivity contribution in [1.82, 2.24) is 0 Å². The van der Waals surface area contributed by atoms with E-state index in [1.807, 2.05) is 49.4 Å². The molecule has 0 heterocycles. The standard InChI is InChI=1S/C14H13NO.CH3NO/c1-10-6-2-3-7-11(10)12-8-4-5-9-13(12)14(15)16;1-2-3/h2-9H,1H3,(H2,15,16);1H3. The van der Waals surface area contributed by atoms with Gasteiger partial charge in [0.15, 0.2) is 0 Å². The van der Waals surface area contributed by atoms with E-state index in [9.17, 15) is 4.79 Å². The molecule has 0 saturated carbocycles. The first-order chi connectivity index (χ1) is 9.11. The van der Waals surface area contributed by atoms with Crippen molar-refractivity contribution in [1.29, 1.82) is 0 Å². The van der Waals surface area contributed by atoms with Crippen molar-refractivity contribution in [2.45, 2.75) is 6.92 Å². The zero-order chi connectivity index (χ0) is 14.3. The van der Waals surface area contributed by atoms with Crippen LogP contribution in [0.1, 0.15) is 15.9 Å². The number of hydrogen-bond donors (Lipinski definition) is 1. The quantitative estimate of drug-likeness (QED) is 0.838. The van der Waals surface area contributed by atoms with Crippen molar-refractivity contribution in [3.63, 3.8) is 0 Å². The Kier molecular flexibility index (Phi) is 5.41. The Balaban J connectivity index is 0.000000550. The van der Waals surface area contributed by atoms with Gasteiger partial charge in [-0.2, -0.15) is 4.91 Å². The van der Waals surface area contributed by atoms with Crippen LogP contribution in [0.2, 0.25) is 0 Å².